The maximum atomic E-state index is 13.0. The van der Waals surface area contributed by atoms with Crippen molar-refractivity contribution < 1.29 is 17.6 Å². The molecule has 2 aromatic rings. The van der Waals surface area contributed by atoms with E-state index in [4.69, 9.17) is 11.6 Å². The molecule has 1 fully saturated rings. The number of hydrogen-bond acceptors (Lipinski definition) is 3. The molecule has 1 heterocycles. The van der Waals surface area contributed by atoms with Crippen LogP contribution in [0.3, 0.4) is 0 Å². The van der Waals surface area contributed by atoms with Crippen LogP contribution in [0.15, 0.2) is 48.5 Å². The molecule has 0 bridgehead atoms. The van der Waals surface area contributed by atoms with Crippen molar-refractivity contribution >= 4 is 27.5 Å². The molecule has 0 aliphatic carbocycles. The SMILES string of the molecule is O=C(NCCCc1ccccc1Cl)C1CCN(S(=O)(=O)Cc2ccc(F)cc2)CC1. The average Bonchev–Trinajstić information content (AvgIpc) is 2.74. The van der Waals surface area contributed by atoms with E-state index in [1.54, 1.807) is 0 Å². The van der Waals surface area contributed by atoms with Crippen LogP contribution < -0.4 is 5.32 Å². The van der Waals surface area contributed by atoms with Crippen molar-refractivity contribution in [3.8, 4) is 0 Å². The van der Waals surface area contributed by atoms with Gasteiger partial charge >= 0.3 is 0 Å². The summed E-state index contributed by atoms with van der Waals surface area (Å²) in [7, 11) is -3.49. The summed E-state index contributed by atoms with van der Waals surface area (Å²) in [5.41, 5.74) is 1.61. The van der Waals surface area contributed by atoms with E-state index < -0.39 is 15.8 Å². The molecule has 162 valence electrons. The largest absolute Gasteiger partial charge is 0.356 e. The van der Waals surface area contributed by atoms with E-state index in [0.717, 1.165) is 23.4 Å². The minimum Gasteiger partial charge on any atom is -0.356 e. The molecule has 1 aliphatic heterocycles. The first kappa shape index (κ1) is 22.7. The summed E-state index contributed by atoms with van der Waals surface area (Å²) in [4.78, 5) is 12.4. The number of rotatable bonds is 8. The zero-order valence-electron chi connectivity index (χ0n) is 16.7. The Morgan fingerprint density at radius 1 is 1.10 bits per heavy atom. The van der Waals surface area contributed by atoms with Crippen LogP contribution in [-0.2, 0) is 27.0 Å². The summed E-state index contributed by atoms with van der Waals surface area (Å²) in [6.07, 6.45) is 2.58. The minimum atomic E-state index is -3.49. The second-order valence-corrected chi connectivity index (χ2v) is 9.92. The van der Waals surface area contributed by atoms with Gasteiger partial charge in [0.2, 0.25) is 15.9 Å². The Kier molecular flexibility index (Phi) is 7.86. The van der Waals surface area contributed by atoms with Crippen LogP contribution in [0.5, 0.6) is 0 Å². The zero-order valence-corrected chi connectivity index (χ0v) is 18.3. The summed E-state index contributed by atoms with van der Waals surface area (Å²) >= 11 is 6.14. The second-order valence-electron chi connectivity index (χ2n) is 7.54. The van der Waals surface area contributed by atoms with Gasteiger partial charge in [-0.25, -0.2) is 17.1 Å². The molecule has 3 rings (SSSR count). The van der Waals surface area contributed by atoms with E-state index in [1.165, 1.54) is 28.6 Å². The van der Waals surface area contributed by atoms with Crippen LogP contribution in [0.25, 0.3) is 0 Å². The van der Waals surface area contributed by atoms with Crippen LogP contribution in [0.4, 0.5) is 4.39 Å². The molecule has 0 unspecified atom stereocenters. The molecule has 8 heteroatoms. The molecular formula is C22H26ClFN2O3S. The van der Waals surface area contributed by atoms with E-state index in [1.807, 2.05) is 24.3 Å². The van der Waals surface area contributed by atoms with Crippen LogP contribution in [-0.4, -0.2) is 38.3 Å². The lowest BCUT2D eigenvalue weighted by Crippen LogP contribution is -2.43. The number of nitrogens with zero attached hydrogens (tertiary/aromatic N) is 1. The first-order valence-corrected chi connectivity index (χ1v) is 12.1. The van der Waals surface area contributed by atoms with Gasteiger partial charge in [0.15, 0.2) is 0 Å². The lowest BCUT2D eigenvalue weighted by atomic mass is 9.97. The Hall–Kier alpha value is -1.96. The van der Waals surface area contributed by atoms with Crippen LogP contribution >= 0.6 is 11.6 Å². The summed E-state index contributed by atoms with van der Waals surface area (Å²) in [6.45, 7) is 1.20. The topological polar surface area (TPSA) is 66.5 Å². The molecule has 1 amide bonds. The van der Waals surface area contributed by atoms with Gasteiger partial charge in [-0.05, 0) is 55.0 Å². The highest BCUT2D eigenvalue weighted by Crippen LogP contribution is 2.22. The van der Waals surface area contributed by atoms with Gasteiger partial charge in [-0.3, -0.25) is 4.79 Å². The lowest BCUT2D eigenvalue weighted by molar-refractivity contribution is -0.126. The highest BCUT2D eigenvalue weighted by molar-refractivity contribution is 7.88. The van der Waals surface area contributed by atoms with E-state index in [0.29, 0.717) is 38.0 Å². The molecule has 1 N–H and O–H groups in total. The molecule has 0 saturated carbocycles. The molecule has 0 radical (unpaired) electrons. The van der Waals surface area contributed by atoms with Gasteiger partial charge in [0, 0.05) is 30.6 Å². The van der Waals surface area contributed by atoms with Gasteiger partial charge in [-0.15, -0.1) is 0 Å². The second kappa shape index (κ2) is 10.4. The zero-order chi connectivity index (χ0) is 21.6. The number of piperidine rings is 1. The lowest BCUT2D eigenvalue weighted by Gasteiger charge is -2.30. The van der Waals surface area contributed by atoms with Crippen molar-refractivity contribution in [1.29, 1.82) is 0 Å². The van der Waals surface area contributed by atoms with Crippen molar-refractivity contribution in [3.63, 3.8) is 0 Å². The van der Waals surface area contributed by atoms with Crippen molar-refractivity contribution in [1.82, 2.24) is 9.62 Å². The van der Waals surface area contributed by atoms with Crippen LogP contribution in [0, 0.1) is 11.7 Å². The number of carbonyl (C=O) groups excluding carboxylic acids is 1. The van der Waals surface area contributed by atoms with E-state index >= 15 is 0 Å². The fraction of sp³-hybridized carbons (Fsp3) is 0.409. The van der Waals surface area contributed by atoms with Gasteiger partial charge < -0.3 is 5.32 Å². The summed E-state index contributed by atoms with van der Waals surface area (Å²) < 4.78 is 39.7. The monoisotopic (exact) mass is 452 g/mol. The molecule has 2 aromatic carbocycles. The Balaban J connectivity index is 1.41. The highest BCUT2D eigenvalue weighted by Gasteiger charge is 2.31. The van der Waals surface area contributed by atoms with Gasteiger partial charge in [-0.2, -0.15) is 0 Å². The first-order valence-electron chi connectivity index (χ1n) is 10.1. The number of carbonyl (C=O) groups is 1. The molecule has 5 nitrogen and oxygen atoms in total. The van der Waals surface area contributed by atoms with Crippen molar-refractivity contribution in [2.24, 2.45) is 5.92 Å². The third-order valence-corrected chi connectivity index (χ3v) is 7.58. The van der Waals surface area contributed by atoms with E-state index in [-0.39, 0.29) is 17.6 Å². The van der Waals surface area contributed by atoms with Crippen molar-refractivity contribution in [2.75, 3.05) is 19.6 Å². The van der Waals surface area contributed by atoms with E-state index in [9.17, 15) is 17.6 Å². The average molecular weight is 453 g/mol. The Morgan fingerprint density at radius 2 is 1.77 bits per heavy atom. The first-order chi connectivity index (χ1) is 14.3. The standard InChI is InChI=1S/C22H26ClFN2O3S/c23-21-6-2-1-4-18(21)5-3-13-25-22(27)19-11-14-26(15-12-19)30(28,29)16-17-7-9-20(24)10-8-17/h1-2,4,6-10,19H,3,5,11-16H2,(H,25,27). The number of halogens is 2. The smallest absolute Gasteiger partial charge is 0.223 e. The molecule has 1 aliphatic rings. The van der Waals surface area contributed by atoms with Gasteiger partial charge in [-0.1, -0.05) is 41.9 Å². The fourth-order valence-corrected chi connectivity index (χ4v) is 5.41. The Bertz CT molecular complexity index is 959. The number of nitrogens with one attached hydrogen (secondary N) is 1. The van der Waals surface area contributed by atoms with Crippen molar-refractivity contribution in [3.05, 3.63) is 70.5 Å². The quantitative estimate of drug-likeness (QED) is 0.620. The van der Waals surface area contributed by atoms with Crippen LogP contribution in [0.1, 0.15) is 30.4 Å². The maximum absolute atomic E-state index is 13.0. The number of sulfonamides is 1. The number of amides is 1. The highest BCUT2D eigenvalue weighted by atomic mass is 35.5. The number of hydrogen-bond donors (Lipinski definition) is 1. The normalized spacial score (nSPS) is 15.8. The molecular weight excluding hydrogens is 427 g/mol. The molecule has 1 saturated heterocycles. The van der Waals surface area contributed by atoms with Gasteiger partial charge in [0.25, 0.3) is 0 Å². The maximum Gasteiger partial charge on any atom is 0.223 e. The Morgan fingerprint density at radius 3 is 2.43 bits per heavy atom. The molecule has 0 aromatic heterocycles. The third kappa shape index (κ3) is 6.27. The summed E-state index contributed by atoms with van der Waals surface area (Å²) in [5.74, 6) is -0.756. The fourth-order valence-electron chi connectivity index (χ4n) is 3.61. The van der Waals surface area contributed by atoms with Gasteiger partial charge in [0.05, 0.1) is 5.75 Å². The summed E-state index contributed by atoms with van der Waals surface area (Å²) in [5, 5.41) is 3.69. The van der Waals surface area contributed by atoms with E-state index in [2.05, 4.69) is 5.32 Å². The van der Waals surface area contributed by atoms with Gasteiger partial charge in [0.1, 0.15) is 5.82 Å². The molecule has 0 atom stereocenters. The number of aryl methyl sites for hydroxylation is 1. The summed E-state index contributed by atoms with van der Waals surface area (Å²) in [6, 6.07) is 13.1. The predicted molar refractivity (Wildman–Crippen MR) is 116 cm³/mol. The van der Waals surface area contributed by atoms with Crippen LogP contribution in [0.2, 0.25) is 5.02 Å². The predicted octanol–water partition coefficient (Wildman–Crippen LogP) is 3.77. The number of benzene rings is 2. The Labute approximate surface area is 182 Å². The minimum absolute atomic E-state index is 0.0234. The molecule has 30 heavy (non-hydrogen) atoms. The third-order valence-electron chi connectivity index (χ3n) is 5.36. The molecule has 0 spiro atoms. The van der Waals surface area contributed by atoms with Crippen molar-refractivity contribution in [2.45, 2.75) is 31.4 Å².